The van der Waals surface area contributed by atoms with Gasteiger partial charge in [-0.25, -0.2) is 14.4 Å². The monoisotopic (exact) mass is 206 g/mol. The van der Waals surface area contributed by atoms with Gasteiger partial charge in [0.05, 0.1) is 5.71 Å². The van der Waals surface area contributed by atoms with E-state index in [1.54, 1.807) is 18.3 Å². The number of hydrogen-bond donors (Lipinski definition) is 0. The molecule has 0 aliphatic carbocycles. The Labute approximate surface area is 86.2 Å². The molecule has 2 rings (SSSR count). The molecule has 1 heterocycles. The average molecular weight is 206 g/mol. The maximum Gasteiger partial charge on any atom is 0.219 e. The third kappa shape index (κ3) is 1.90. The number of aliphatic imine (C=N–C) groups is 2. The summed E-state index contributed by atoms with van der Waals surface area (Å²) in [5.41, 5.74) is 1.73. The van der Waals surface area contributed by atoms with Crippen molar-refractivity contribution in [3.8, 4) is 0 Å². The summed E-state index contributed by atoms with van der Waals surface area (Å²) >= 11 is 4.85. The maximum absolute atomic E-state index is 12.6. The highest BCUT2D eigenvalue weighted by molar-refractivity contribution is 7.80. The lowest BCUT2D eigenvalue weighted by Gasteiger charge is -2.06. The normalized spacial score (nSPS) is 15.5. The highest BCUT2D eigenvalue weighted by Crippen LogP contribution is 2.09. The summed E-state index contributed by atoms with van der Waals surface area (Å²) in [6, 6.07) is 6.20. The zero-order chi connectivity index (χ0) is 9.97. The van der Waals surface area contributed by atoms with Gasteiger partial charge in [0.15, 0.2) is 0 Å². The molecule has 0 N–H and O–H groups in total. The first-order valence-electron chi connectivity index (χ1n) is 4.16. The molecule has 1 aromatic carbocycles. The maximum atomic E-state index is 12.6. The van der Waals surface area contributed by atoms with E-state index in [0.717, 1.165) is 11.3 Å². The molecule has 4 heteroatoms. The molecule has 1 aromatic rings. The summed E-state index contributed by atoms with van der Waals surface area (Å²) in [5, 5.41) is 0.329. The molecule has 2 nitrogen and oxygen atoms in total. The van der Waals surface area contributed by atoms with E-state index in [9.17, 15) is 4.39 Å². The van der Waals surface area contributed by atoms with Gasteiger partial charge in [0.1, 0.15) is 5.82 Å². The van der Waals surface area contributed by atoms with Gasteiger partial charge in [-0.1, -0.05) is 12.1 Å². The predicted octanol–water partition coefficient (Wildman–Crippen LogP) is 2.37. The second-order valence-electron chi connectivity index (χ2n) is 2.86. The summed E-state index contributed by atoms with van der Waals surface area (Å²) in [6.07, 6.45) is 2.36. The fourth-order valence-electron chi connectivity index (χ4n) is 1.22. The number of thiocarbonyl (C=S) groups is 1. The topological polar surface area (TPSA) is 24.7 Å². The second kappa shape index (κ2) is 3.75. The van der Waals surface area contributed by atoms with E-state index in [1.807, 2.05) is 0 Å². The van der Waals surface area contributed by atoms with Crippen LogP contribution in [0.15, 0.2) is 34.3 Å². The molecular formula is C10H7FN2S. The molecule has 0 saturated heterocycles. The van der Waals surface area contributed by atoms with E-state index in [2.05, 4.69) is 9.98 Å². The Hall–Kier alpha value is -1.42. The Morgan fingerprint density at radius 1 is 1.21 bits per heavy atom. The molecular weight excluding hydrogens is 199 g/mol. The van der Waals surface area contributed by atoms with Crippen molar-refractivity contribution in [1.82, 2.24) is 0 Å². The summed E-state index contributed by atoms with van der Waals surface area (Å²) in [7, 11) is 0. The zero-order valence-corrected chi connectivity index (χ0v) is 8.09. The lowest BCUT2D eigenvalue weighted by atomic mass is 10.1. The minimum absolute atomic E-state index is 0.249. The van der Waals surface area contributed by atoms with Crippen LogP contribution in [0.2, 0.25) is 0 Å². The first-order chi connectivity index (χ1) is 6.75. The van der Waals surface area contributed by atoms with Gasteiger partial charge < -0.3 is 0 Å². The predicted molar refractivity (Wildman–Crippen MR) is 58.6 cm³/mol. The highest BCUT2D eigenvalue weighted by Gasteiger charge is 2.07. The Morgan fingerprint density at radius 2 is 1.93 bits per heavy atom. The van der Waals surface area contributed by atoms with Crippen LogP contribution in [0, 0.1) is 5.82 Å². The van der Waals surface area contributed by atoms with Crippen LogP contribution in [0.5, 0.6) is 0 Å². The number of hydrogen-bond acceptors (Lipinski definition) is 1. The third-order valence-corrected chi connectivity index (χ3v) is 2.09. The van der Waals surface area contributed by atoms with E-state index in [1.165, 1.54) is 12.1 Å². The molecule has 0 unspecified atom stereocenters. The highest BCUT2D eigenvalue weighted by atomic mass is 32.1. The molecule has 0 fully saturated rings. The van der Waals surface area contributed by atoms with Gasteiger partial charge >= 0.3 is 0 Å². The van der Waals surface area contributed by atoms with Crippen molar-refractivity contribution in [2.24, 2.45) is 9.98 Å². The van der Waals surface area contributed by atoms with Gasteiger partial charge in [-0.2, -0.15) is 0 Å². The smallest absolute Gasteiger partial charge is 0.219 e. The third-order valence-electron chi connectivity index (χ3n) is 1.89. The van der Waals surface area contributed by atoms with Crippen LogP contribution in [-0.2, 0) is 0 Å². The van der Waals surface area contributed by atoms with Crippen molar-refractivity contribution >= 4 is 29.3 Å². The van der Waals surface area contributed by atoms with E-state index in [-0.39, 0.29) is 5.82 Å². The minimum Gasteiger partial charge on any atom is -0.231 e. The second-order valence-corrected chi connectivity index (χ2v) is 3.23. The molecule has 1 aliphatic heterocycles. The van der Waals surface area contributed by atoms with Crippen molar-refractivity contribution in [3.63, 3.8) is 0 Å². The molecule has 0 atom stereocenters. The van der Waals surface area contributed by atoms with Gasteiger partial charge in [0, 0.05) is 12.6 Å². The van der Waals surface area contributed by atoms with E-state index in [4.69, 9.17) is 12.2 Å². The Bertz CT molecular complexity index is 420. The van der Waals surface area contributed by atoms with Gasteiger partial charge in [-0.3, -0.25) is 0 Å². The summed E-state index contributed by atoms with van der Waals surface area (Å²) in [4.78, 5) is 7.98. The lowest BCUT2D eigenvalue weighted by molar-refractivity contribution is 0.628. The summed E-state index contributed by atoms with van der Waals surface area (Å²) < 4.78 is 12.6. The van der Waals surface area contributed by atoms with Gasteiger partial charge in [-0.15, -0.1) is 0 Å². The standard InChI is InChI=1S/C10H7FN2S/c11-8-3-1-7(2-4-8)9-5-6-12-10(14)13-9/h1-4,6H,5H2. The largest absolute Gasteiger partial charge is 0.231 e. The Kier molecular flexibility index (Phi) is 2.45. The quantitative estimate of drug-likeness (QED) is 0.647. The molecule has 0 amide bonds. The first kappa shape index (κ1) is 9.15. The van der Waals surface area contributed by atoms with Gasteiger partial charge in [0.2, 0.25) is 5.11 Å². The molecule has 14 heavy (non-hydrogen) atoms. The SMILES string of the molecule is Fc1ccc(C2=NC(=S)N=CC2)cc1. The zero-order valence-electron chi connectivity index (χ0n) is 7.27. The van der Waals surface area contributed by atoms with Crippen LogP contribution in [0.4, 0.5) is 4.39 Å². The van der Waals surface area contributed by atoms with Gasteiger partial charge in [-0.05, 0) is 29.9 Å². The molecule has 0 saturated carbocycles. The molecule has 0 bridgehead atoms. The Balaban J connectivity index is 2.32. The van der Waals surface area contributed by atoms with Crippen LogP contribution >= 0.6 is 12.2 Å². The van der Waals surface area contributed by atoms with Crippen molar-refractivity contribution < 1.29 is 4.39 Å². The first-order valence-corrected chi connectivity index (χ1v) is 4.56. The molecule has 0 spiro atoms. The number of nitrogens with zero attached hydrogens (tertiary/aromatic N) is 2. The van der Waals surface area contributed by atoms with E-state index >= 15 is 0 Å². The molecule has 0 radical (unpaired) electrons. The Morgan fingerprint density at radius 3 is 2.57 bits per heavy atom. The number of halogens is 1. The lowest BCUT2D eigenvalue weighted by Crippen LogP contribution is -2.09. The average Bonchev–Trinajstić information content (AvgIpc) is 2.19. The van der Waals surface area contributed by atoms with E-state index < -0.39 is 0 Å². The fraction of sp³-hybridized carbons (Fsp3) is 0.100. The molecule has 0 aromatic heterocycles. The van der Waals surface area contributed by atoms with Crippen molar-refractivity contribution in [1.29, 1.82) is 0 Å². The van der Waals surface area contributed by atoms with Gasteiger partial charge in [0.25, 0.3) is 0 Å². The fourth-order valence-corrected chi connectivity index (χ4v) is 1.41. The van der Waals surface area contributed by atoms with E-state index in [0.29, 0.717) is 11.5 Å². The van der Waals surface area contributed by atoms with Crippen LogP contribution < -0.4 is 0 Å². The van der Waals surface area contributed by atoms with Crippen LogP contribution in [0.1, 0.15) is 12.0 Å². The molecule has 70 valence electrons. The van der Waals surface area contributed by atoms with Crippen LogP contribution in [0.3, 0.4) is 0 Å². The van der Waals surface area contributed by atoms with Crippen molar-refractivity contribution in [2.75, 3.05) is 0 Å². The number of benzene rings is 1. The van der Waals surface area contributed by atoms with Crippen LogP contribution in [0.25, 0.3) is 0 Å². The summed E-state index contributed by atoms with van der Waals surface area (Å²) in [6.45, 7) is 0. The number of rotatable bonds is 1. The minimum atomic E-state index is -0.249. The summed E-state index contributed by atoms with van der Waals surface area (Å²) in [5.74, 6) is -0.249. The molecule has 1 aliphatic rings. The van der Waals surface area contributed by atoms with Crippen LogP contribution in [-0.4, -0.2) is 17.0 Å². The van der Waals surface area contributed by atoms with Crippen molar-refractivity contribution in [3.05, 3.63) is 35.6 Å². The van der Waals surface area contributed by atoms with Crippen molar-refractivity contribution in [2.45, 2.75) is 6.42 Å².